The minimum absolute atomic E-state index is 0.109. The molecule has 0 spiro atoms. The molecule has 0 aliphatic carbocycles. The van der Waals surface area contributed by atoms with Crippen molar-refractivity contribution in [3.05, 3.63) is 60.2 Å². The Labute approximate surface area is 116 Å². The largest absolute Gasteiger partial charge is 0.397 e. The van der Waals surface area contributed by atoms with Gasteiger partial charge in [0.25, 0.3) is 5.91 Å². The van der Waals surface area contributed by atoms with Crippen LogP contribution in [-0.2, 0) is 4.79 Å². The number of hydrogen-bond donors (Lipinski definition) is 3. The van der Waals surface area contributed by atoms with Crippen LogP contribution in [0.2, 0.25) is 0 Å². The van der Waals surface area contributed by atoms with Gasteiger partial charge in [0.15, 0.2) is 0 Å². The van der Waals surface area contributed by atoms with Crippen molar-refractivity contribution >= 4 is 23.2 Å². The molecule has 4 N–H and O–H groups in total. The second kappa shape index (κ2) is 6.38. The van der Waals surface area contributed by atoms with Gasteiger partial charge in [-0.05, 0) is 24.3 Å². The van der Waals surface area contributed by atoms with Crippen LogP contribution in [0.5, 0.6) is 0 Å². The van der Waals surface area contributed by atoms with Gasteiger partial charge in [-0.3, -0.25) is 9.59 Å². The summed E-state index contributed by atoms with van der Waals surface area (Å²) >= 11 is 0. The van der Waals surface area contributed by atoms with Gasteiger partial charge in [0.2, 0.25) is 5.91 Å². The monoisotopic (exact) mass is 269 g/mol. The fraction of sp³-hybridized carbons (Fsp3) is 0.0667. The van der Waals surface area contributed by atoms with Crippen molar-refractivity contribution in [3.63, 3.8) is 0 Å². The zero-order chi connectivity index (χ0) is 14.4. The van der Waals surface area contributed by atoms with Gasteiger partial charge in [0.1, 0.15) is 0 Å². The van der Waals surface area contributed by atoms with Crippen molar-refractivity contribution in [2.24, 2.45) is 0 Å². The average Bonchev–Trinajstić information content (AvgIpc) is 2.48. The summed E-state index contributed by atoms with van der Waals surface area (Å²) in [5.41, 5.74) is 7.24. The molecular weight excluding hydrogens is 254 g/mol. The number of nitrogens with two attached hydrogens (primary N) is 1. The highest BCUT2D eigenvalue weighted by Crippen LogP contribution is 2.16. The first kappa shape index (κ1) is 13.6. The van der Waals surface area contributed by atoms with Gasteiger partial charge < -0.3 is 16.4 Å². The van der Waals surface area contributed by atoms with Crippen LogP contribution in [0.1, 0.15) is 10.4 Å². The van der Waals surface area contributed by atoms with E-state index in [-0.39, 0.29) is 18.4 Å². The highest BCUT2D eigenvalue weighted by Gasteiger charge is 2.08. The van der Waals surface area contributed by atoms with Crippen LogP contribution >= 0.6 is 0 Å². The van der Waals surface area contributed by atoms with Crippen molar-refractivity contribution in [1.29, 1.82) is 0 Å². The number of hydrogen-bond acceptors (Lipinski definition) is 3. The smallest absolute Gasteiger partial charge is 0.251 e. The topological polar surface area (TPSA) is 84.2 Å². The second-order valence-corrected chi connectivity index (χ2v) is 4.18. The van der Waals surface area contributed by atoms with E-state index in [0.29, 0.717) is 16.9 Å². The maximum absolute atomic E-state index is 11.8. The number of rotatable bonds is 4. The Morgan fingerprint density at radius 3 is 2.30 bits per heavy atom. The predicted molar refractivity (Wildman–Crippen MR) is 78.3 cm³/mol. The summed E-state index contributed by atoms with van der Waals surface area (Å²) in [7, 11) is 0. The molecule has 0 fully saturated rings. The lowest BCUT2D eigenvalue weighted by Crippen LogP contribution is -2.32. The van der Waals surface area contributed by atoms with E-state index in [2.05, 4.69) is 10.6 Å². The molecule has 2 aromatic rings. The van der Waals surface area contributed by atoms with E-state index in [0.717, 1.165) is 0 Å². The molecule has 102 valence electrons. The first-order valence-electron chi connectivity index (χ1n) is 6.14. The molecule has 0 radical (unpaired) electrons. The Hall–Kier alpha value is -2.82. The van der Waals surface area contributed by atoms with E-state index in [4.69, 9.17) is 5.73 Å². The van der Waals surface area contributed by atoms with Crippen LogP contribution in [0.25, 0.3) is 0 Å². The molecule has 0 aromatic heterocycles. The van der Waals surface area contributed by atoms with E-state index in [1.807, 2.05) is 6.07 Å². The Kier molecular flexibility index (Phi) is 4.34. The summed E-state index contributed by atoms with van der Waals surface area (Å²) in [6.07, 6.45) is 0. The van der Waals surface area contributed by atoms with Gasteiger partial charge in [-0.1, -0.05) is 30.3 Å². The number of carbonyl (C=O) groups is 2. The molecule has 0 unspecified atom stereocenters. The molecule has 0 aliphatic heterocycles. The Balaban J connectivity index is 1.87. The zero-order valence-electron chi connectivity index (χ0n) is 10.8. The van der Waals surface area contributed by atoms with E-state index >= 15 is 0 Å². The van der Waals surface area contributed by atoms with Crippen molar-refractivity contribution < 1.29 is 9.59 Å². The lowest BCUT2D eigenvalue weighted by Gasteiger charge is -2.08. The number of carbonyl (C=O) groups excluding carboxylic acids is 2. The van der Waals surface area contributed by atoms with Crippen molar-refractivity contribution in [2.45, 2.75) is 0 Å². The fourth-order valence-electron chi connectivity index (χ4n) is 1.66. The summed E-state index contributed by atoms with van der Waals surface area (Å²) in [4.78, 5) is 23.5. The Morgan fingerprint density at radius 1 is 0.950 bits per heavy atom. The molecule has 5 nitrogen and oxygen atoms in total. The van der Waals surface area contributed by atoms with Gasteiger partial charge in [0.05, 0.1) is 17.9 Å². The van der Waals surface area contributed by atoms with E-state index < -0.39 is 0 Å². The van der Waals surface area contributed by atoms with Crippen LogP contribution in [0.15, 0.2) is 54.6 Å². The predicted octanol–water partition coefficient (Wildman–Crippen LogP) is 1.64. The van der Waals surface area contributed by atoms with Crippen LogP contribution < -0.4 is 16.4 Å². The molecule has 5 heteroatoms. The maximum Gasteiger partial charge on any atom is 0.251 e. The molecule has 20 heavy (non-hydrogen) atoms. The van der Waals surface area contributed by atoms with Gasteiger partial charge >= 0.3 is 0 Å². The molecular formula is C15H15N3O2. The van der Waals surface area contributed by atoms with Crippen LogP contribution in [-0.4, -0.2) is 18.4 Å². The first-order chi connectivity index (χ1) is 9.66. The molecule has 0 aliphatic rings. The summed E-state index contributed by atoms with van der Waals surface area (Å²) in [6, 6.07) is 15.7. The third kappa shape index (κ3) is 3.58. The van der Waals surface area contributed by atoms with Crippen LogP contribution in [0.4, 0.5) is 11.4 Å². The van der Waals surface area contributed by atoms with E-state index in [1.54, 1.807) is 48.5 Å². The number of nitrogen functional groups attached to an aromatic ring is 1. The van der Waals surface area contributed by atoms with Crippen LogP contribution in [0, 0.1) is 0 Å². The molecule has 0 saturated heterocycles. The second-order valence-electron chi connectivity index (χ2n) is 4.18. The third-order valence-electron chi connectivity index (χ3n) is 2.68. The SMILES string of the molecule is Nc1ccccc1NC(=O)CNC(=O)c1ccccc1. The molecule has 0 saturated carbocycles. The highest BCUT2D eigenvalue weighted by atomic mass is 16.2. The normalized spacial score (nSPS) is 9.80. The Bertz CT molecular complexity index is 612. The molecule has 2 rings (SSSR count). The lowest BCUT2D eigenvalue weighted by atomic mass is 10.2. The van der Waals surface area contributed by atoms with Crippen LogP contribution in [0.3, 0.4) is 0 Å². The molecule has 0 atom stereocenters. The molecule has 2 amide bonds. The molecule has 0 bridgehead atoms. The fourth-order valence-corrected chi connectivity index (χ4v) is 1.66. The summed E-state index contributed by atoms with van der Waals surface area (Å²) < 4.78 is 0. The molecule has 0 heterocycles. The minimum Gasteiger partial charge on any atom is -0.397 e. The summed E-state index contributed by atoms with van der Waals surface area (Å²) in [6.45, 7) is -0.109. The standard InChI is InChI=1S/C15H15N3O2/c16-12-8-4-5-9-13(12)18-14(19)10-17-15(20)11-6-2-1-3-7-11/h1-9H,10,16H2,(H,17,20)(H,18,19). The van der Waals surface area contributed by atoms with Gasteiger partial charge in [-0.25, -0.2) is 0 Å². The highest BCUT2D eigenvalue weighted by molar-refractivity contribution is 6.00. The van der Waals surface area contributed by atoms with Crippen molar-refractivity contribution in [2.75, 3.05) is 17.6 Å². The number of anilines is 2. The van der Waals surface area contributed by atoms with Crippen molar-refractivity contribution in [1.82, 2.24) is 5.32 Å². The minimum atomic E-state index is -0.327. The lowest BCUT2D eigenvalue weighted by molar-refractivity contribution is -0.115. The number of para-hydroxylation sites is 2. The average molecular weight is 269 g/mol. The van der Waals surface area contributed by atoms with E-state index in [9.17, 15) is 9.59 Å². The first-order valence-corrected chi connectivity index (χ1v) is 6.14. The van der Waals surface area contributed by atoms with Gasteiger partial charge in [-0.2, -0.15) is 0 Å². The van der Waals surface area contributed by atoms with E-state index in [1.165, 1.54) is 0 Å². The van der Waals surface area contributed by atoms with Gasteiger partial charge in [-0.15, -0.1) is 0 Å². The summed E-state index contributed by atoms with van der Waals surface area (Å²) in [5, 5.41) is 5.18. The quantitative estimate of drug-likeness (QED) is 0.738. The van der Waals surface area contributed by atoms with Crippen molar-refractivity contribution in [3.8, 4) is 0 Å². The summed E-state index contributed by atoms with van der Waals surface area (Å²) in [5.74, 6) is -0.617. The third-order valence-corrected chi connectivity index (χ3v) is 2.68. The maximum atomic E-state index is 11.8. The molecule has 2 aromatic carbocycles. The zero-order valence-corrected chi connectivity index (χ0v) is 10.8. The number of benzene rings is 2. The van der Waals surface area contributed by atoms with Gasteiger partial charge in [0, 0.05) is 5.56 Å². The number of nitrogens with one attached hydrogen (secondary N) is 2. The Morgan fingerprint density at radius 2 is 1.60 bits per heavy atom. The number of amides is 2.